The molecule has 0 aliphatic carbocycles. The summed E-state index contributed by atoms with van der Waals surface area (Å²) in [6.07, 6.45) is 0.255. The lowest BCUT2D eigenvalue weighted by atomic mass is 10.3. The number of hydrogen-bond acceptors (Lipinski definition) is 4. The summed E-state index contributed by atoms with van der Waals surface area (Å²) in [4.78, 5) is 10.2. The van der Waals surface area contributed by atoms with Crippen LogP contribution in [0, 0.1) is 6.92 Å². The Morgan fingerprint density at radius 1 is 1.56 bits per heavy atom. The Labute approximate surface area is 98.2 Å². The summed E-state index contributed by atoms with van der Waals surface area (Å²) in [5, 5.41) is 10.1. The van der Waals surface area contributed by atoms with Crippen LogP contribution in [0.1, 0.15) is 18.4 Å². The Hall–Kier alpha value is -0.920. The lowest BCUT2D eigenvalue weighted by Crippen LogP contribution is -2.24. The lowest BCUT2D eigenvalue weighted by Gasteiger charge is -2.02. The number of rotatable bonds is 6. The fourth-order valence-electron chi connectivity index (χ4n) is 1.06. The smallest absolute Gasteiger partial charge is 0.303 e. The summed E-state index contributed by atoms with van der Waals surface area (Å²) in [5.41, 5.74) is 0.899. The number of aliphatic carboxylic acids is 1. The summed E-state index contributed by atoms with van der Waals surface area (Å²) in [5.74, 6) is -0.925. The van der Waals surface area contributed by atoms with Gasteiger partial charge in [-0.2, -0.15) is 0 Å². The van der Waals surface area contributed by atoms with Gasteiger partial charge in [0.2, 0.25) is 10.0 Å². The number of carboxylic acids is 1. The minimum Gasteiger partial charge on any atom is -0.481 e. The fraction of sp³-hybridized carbons (Fsp3) is 0.444. The van der Waals surface area contributed by atoms with E-state index in [-0.39, 0.29) is 17.2 Å². The van der Waals surface area contributed by atoms with Gasteiger partial charge in [-0.25, -0.2) is 13.1 Å². The highest BCUT2D eigenvalue weighted by Crippen LogP contribution is 2.18. The molecule has 1 rings (SSSR count). The molecular weight excluding hydrogens is 250 g/mol. The molecule has 0 saturated carbocycles. The van der Waals surface area contributed by atoms with E-state index in [1.165, 1.54) is 0 Å². The number of thiophene rings is 1. The van der Waals surface area contributed by atoms with Gasteiger partial charge in [-0.15, -0.1) is 11.3 Å². The van der Waals surface area contributed by atoms with Crippen molar-refractivity contribution in [1.82, 2.24) is 4.72 Å². The molecule has 2 N–H and O–H groups in total. The van der Waals surface area contributed by atoms with Crippen LogP contribution in [0.15, 0.2) is 15.7 Å². The zero-order valence-electron chi connectivity index (χ0n) is 8.76. The van der Waals surface area contributed by atoms with E-state index in [2.05, 4.69) is 4.72 Å². The van der Waals surface area contributed by atoms with Gasteiger partial charge in [0.25, 0.3) is 0 Å². The van der Waals surface area contributed by atoms with Crippen molar-refractivity contribution in [2.24, 2.45) is 0 Å². The Morgan fingerprint density at radius 2 is 2.25 bits per heavy atom. The van der Waals surface area contributed by atoms with Crippen LogP contribution in [-0.2, 0) is 14.8 Å². The number of carbonyl (C=O) groups is 1. The van der Waals surface area contributed by atoms with Crippen molar-refractivity contribution in [1.29, 1.82) is 0 Å². The van der Waals surface area contributed by atoms with E-state index in [1.54, 1.807) is 11.4 Å². The summed E-state index contributed by atoms with van der Waals surface area (Å²) >= 11 is 1.15. The average Bonchev–Trinajstić information content (AvgIpc) is 2.60. The van der Waals surface area contributed by atoms with E-state index in [9.17, 15) is 13.2 Å². The highest BCUT2D eigenvalue weighted by atomic mass is 32.2. The molecule has 0 radical (unpaired) electrons. The molecule has 1 aromatic heterocycles. The molecule has 0 spiro atoms. The van der Waals surface area contributed by atoms with Gasteiger partial charge < -0.3 is 5.11 Å². The third-order valence-corrected chi connectivity index (χ3v) is 4.85. The van der Waals surface area contributed by atoms with Crippen LogP contribution in [0.2, 0.25) is 0 Å². The van der Waals surface area contributed by atoms with Crippen LogP contribution >= 0.6 is 11.3 Å². The van der Waals surface area contributed by atoms with E-state index in [0.717, 1.165) is 16.9 Å². The van der Waals surface area contributed by atoms with E-state index >= 15 is 0 Å². The molecule has 0 atom stereocenters. The number of aryl methyl sites for hydroxylation is 1. The molecule has 0 saturated heterocycles. The summed E-state index contributed by atoms with van der Waals surface area (Å²) in [6.45, 7) is 1.96. The van der Waals surface area contributed by atoms with Crippen LogP contribution in [0.3, 0.4) is 0 Å². The topological polar surface area (TPSA) is 83.5 Å². The molecular formula is C9H13NO4S2. The van der Waals surface area contributed by atoms with Gasteiger partial charge >= 0.3 is 5.97 Å². The molecule has 0 fully saturated rings. The van der Waals surface area contributed by atoms with E-state index in [4.69, 9.17) is 5.11 Å². The van der Waals surface area contributed by atoms with Crippen molar-refractivity contribution in [2.45, 2.75) is 24.0 Å². The highest BCUT2D eigenvalue weighted by molar-refractivity contribution is 7.91. The van der Waals surface area contributed by atoms with E-state index in [0.29, 0.717) is 6.42 Å². The third kappa shape index (κ3) is 3.92. The largest absolute Gasteiger partial charge is 0.481 e. The van der Waals surface area contributed by atoms with Crippen LogP contribution in [-0.4, -0.2) is 26.0 Å². The van der Waals surface area contributed by atoms with Gasteiger partial charge in [0.05, 0.1) is 0 Å². The normalized spacial score (nSPS) is 11.6. The second kappa shape index (κ2) is 5.42. The van der Waals surface area contributed by atoms with Crippen molar-refractivity contribution >= 4 is 27.3 Å². The number of nitrogens with one attached hydrogen (secondary N) is 1. The lowest BCUT2D eigenvalue weighted by molar-refractivity contribution is -0.137. The van der Waals surface area contributed by atoms with Crippen molar-refractivity contribution in [3.05, 3.63) is 17.0 Å². The number of sulfonamides is 1. The van der Waals surface area contributed by atoms with E-state index in [1.807, 2.05) is 6.92 Å². The van der Waals surface area contributed by atoms with Crippen molar-refractivity contribution in [2.75, 3.05) is 6.54 Å². The van der Waals surface area contributed by atoms with Crippen LogP contribution in [0.4, 0.5) is 0 Å². The standard InChI is InChI=1S/C9H13NO4S2/c1-7-5-9(15-6-7)16(13,14)10-4-2-3-8(11)12/h5-6,10H,2-4H2,1H3,(H,11,12). The van der Waals surface area contributed by atoms with Gasteiger partial charge in [0.1, 0.15) is 4.21 Å². The Bertz CT molecular complexity index is 464. The minimum absolute atomic E-state index is 0.0357. The molecule has 0 bridgehead atoms. The van der Waals surface area contributed by atoms with Crippen molar-refractivity contribution < 1.29 is 18.3 Å². The molecule has 16 heavy (non-hydrogen) atoms. The van der Waals surface area contributed by atoms with Crippen LogP contribution in [0.25, 0.3) is 0 Å². The fourth-order valence-corrected chi connectivity index (χ4v) is 3.41. The maximum atomic E-state index is 11.6. The highest BCUT2D eigenvalue weighted by Gasteiger charge is 2.15. The maximum absolute atomic E-state index is 11.6. The second-order valence-corrected chi connectivity index (χ2v) is 6.24. The molecule has 1 heterocycles. The first-order valence-electron chi connectivity index (χ1n) is 4.68. The second-order valence-electron chi connectivity index (χ2n) is 3.34. The molecule has 90 valence electrons. The molecule has 0 unspecified atom stereocenters. The zero-order valence-corrected chi connectivity index (χ0v) is 10.4. The Morgan fingerprint density at radius 3 is 2.75 bits per heavy atom. The molecule has 1 aromatic rings. The van der Waals surface area contributed by atoms with Crippen molar-refractivity contribution in [3.8, 4) is 0 Å². The first-order chi connectivity index (χ1) is 7.42. The van der Waals surface area contributed by atoms with Gasteiger partial charge in [0.15, 0.2) is 0 Å². The van der Waals surface area contributed by atoms with E-state index < -0.39 is 16.0 Å². The Balaban J connectivity index is 2.50. The SMILES string of the molecule is Cc1csc(S(=O)(=O)NCCCC(=O)O)c1. The molecule has 0 aliphatic heterocycles. The van der Waals surface area contributed by atoms with Gasteiger partial charge in [-0.05, 0) is 30.4 Å². The minimum atomic E-state index is -3.46. The van der Waals surface area contributed by atoms with Crippen LogP contribution < -0.4 is 4.72 Å². The molecule has 7 heteroatoms. The van der Waals surface area contributed by atoms with Crippen LogP contribution in [0.5, 0.6) is 0 Å². The number of carboxylic acid groups (broad SMARTS) is 1. The summed E-state index contributed by atoms with van der Waals surface area (Å²) < 4.78 is 25.9. The molecule has 5 nitrogen and oxygen atoms in total. The van der Waals surface area contributed by atoms with Gasteiger partial charge in [-0.1, -0.05) is 0 Å². The predicted molar refractivity (Wildman–Crippen MR) is 61.1 cm³/mol. The van der Waals surface area contributed by atoms with Gasteiger partial charge in [-0.3, -0.25) is 4.79 Å². The monoisotopic (exact) mass is 263 g/mol. The third-order valence-electron chi connectivity index (χ3n) is 1.83. The predicted octanol–water partition coefficient (Wildman–Crippen LogP) is 1.20. The van der Waals surface area contributed by atoms with Crippen molar-refractivity contribution in [3.63, 3.8) is 0 Å². The first-order valence-corrected chi connectivity index (χ1v) is 7.05. The number of hydrogen-bond donors (Lipinski definition) is 2. The van der Waals surface area contributed by atoms with Gasteiger partial charge in [0, 0.05) is 13.0 Å². The summed E-state index contributed by atoms with van der Waals surface area (Å²) in [7, 11) is -3.46. The molecule has 0 aromatic carbocycles. The molecule has 0 aliphatic rings. The zero-order chi connectivity index (χ0) is 12.2. The average molecular weight is 263 g/mol. The quantitative estimate of drug-likeness (QED) is 0.755. The first kappa shape index (κ1) is 13.1. The Kier molecular flexibility index (Phi) is 4.45. The maximum Gasteiger partial charge on any atom is 0.303 e. The summed E-state index contributed by atoms with van der Waals surface area (Å²) in [6, 6.07) is 1.59. The molecule has 0 amide bonds.